The number of rotatable bonds is 5. The molecule has 4 nitrogen and oxygen atoms in total. The van der Waals surface area contributed by atoms with Crippen molar-refractivity contribution in [3.05, 3.63) is 57.8 Å². The molecule has 2 rings (SSSR count). The zero-order chi connectivity index (χ0) is 15.2. The Bertz CT molecular complexity index is 647. The van der Waals surface area contributed by atoms with Crippen LogP contribution in [-0.2, 0) is 11.3 Å². The molecule has 0 unspecified atom stereocenters. The van der Waals surface area contributed by atoms with Crippen LogP contribution in [0.15, 0.2) is 36.4 Å². The van der Waals surface area contributed by atoms with E-state index < -0.39 is 5.91 Å². The first-order valence-electron chi connectivity index (χ1n) is 6.41. The molecular weight excluding hydrogens is 311 g/mol. The normalized spacial score (nSPS) is 10.4. The molecular formula is C15H14Cl2N2O2. The van der Waals surface area contributed by atoms with Gasteiger partial charge in [-0.25, -0.2) is 4.98 Å². The number of carbonyl (C=O) groups is 1. The van der Waals surface area contributed by atoms with Gasteiger partial charge in [0.05, 0.1) is 11.6 Å². The third-order valence-electron chi connectivity index (χ3n) is 2.75. The summed E-state index contributed by atoms with van der Waals surface area (Å²) in [6, 6.07) is 10.5. The summed E-state index contributed by atoms with van der Waals surface area (Å²) in [6.45, 7) is 2.93. The highest BCUT2D eigenvalue weighted by Crippen LogP contribution is 2.21. The van der Waals surface area contributed by atoms with E-state index in [0.717, 1.165) is 5.56 Å². The number of pyridine rings is 1. The van der Waals surface area contributed by atoms with Crippen LogP contribution in [0.5, 0.6) is 0 Å². The molecule has 1 heterocycles. The summed E-state index contributed by atoms with van der Waals surface area (Å²) in [5.41, 5.74) is 1.63. The van der Waals surface area contributed by atoms with Gasteiger partial charge in [-0.1, -0.05) is 41.4 Å². The van der Waals surface area contributed by atoms with Gasteiger partial charge in [-0.05, 0) is 25.1 Å². The Morgan fingerprint density at radius 3 is 2.76 bits per heavy atom. The van der Waals surface area contributed by atoms with Crippen LogP contribution < -0.4 is 5.32 Å². The monoisotopic (exact) mass is 324 g/mol. The van der Waals surface area contributed by atoms with Crippen LogP contribution in [0.4, 0.5) is 5.69 Å². The molecule has 1 aromatic heterocycles. The Kier molecular flexibility index (Phi) is 5.56. The molecule has 0 aliphatic carbocycles. The molecule has 0 fully saturated rings. The number of anilines is 1. The Balaban J connectivity index is 2.21. The van der Waals surface area contributed by atoms with Crippen molar-refractivity contribution in [1.82, 2.24) is 4.98 Å². The fourth-order valence-electron chi connectivity index (χ4n) is 1.74. The van der Waals surface area contributed by atoms with Crippen LogP contribution >= 0.6 is 23.2 Å². The third-order valence-corrected chi connectivity index (χ3v) is 3.27. The molecule has 1 aromatic carbocycles. The number of aromatic nitrogens is 1. The number of para-hydroxylation sites is 1. The molecule has 0 radical (unpaired) electrons. The lowest BCUT2D eigenvalue weighted by Gasteiger charge is -2.11. The summed E-state index contributed by atoms with van der Waals surface area (Å²) >= 11 is 11.8. The first kappa shape index (κ1) is 15.8. The maximum atomic E-state index is 12.3. The fraction of sp³-hybridized carbons (Fsp3) is 0.200. The summed E-state index contributed by atoms with van der Waals surface area (Å²) in [5.74, 6) is -0.411. The molecule has 21 heavy (non-hydrogen) atoms. The number of carbonyl (C=O) groups excluding carboxylic acids is 1. The number of nitrogens with zero attached hydrogens (tertiary/aromatic N) is 1. The molecule has 0 aliphatic heterocycles. The lowest BCUT2D eigenvalue weighted by Crippen LogP contribution is -2.15. The second kappa shape index (κ2) is 7.41. The number of hydrogen-bond donors (Lipinski definition) is 1. The van der Waals surface area contributed by atoms with Gasteiger partial charge in [0, 0.05) is 17.9 Å². The lowest BCUT2D eigenvalue weighted by atomic mass is 10.2. The van der Waals surface area contributed by atoms with E-state index in [9.17, 15) is 4.79 Å². The quantitative estimate of drug-likeness (QED) is 0.839. The first-order valence-corrected chi connectivity index (χ1v) is 7.16. The molecule has 110 valence electrons. The van der Waals surface area contributed by atoms with Gasteiger partial charge in [0.15, 0.2) is 0 Å². The van der Waals surface area contributed by atoms with Crippen LogP contribution in [0.2, 0.25) is 10.2 Å². The van der Waals surface area contributed by atoms with E-state index in [-0.39, 0.29) is 15.9 Å². The highest BCUT2D eigenvalue weighted by molar-refractivity contribution is 6.35. The van der Waals surface area contributed by atoms with Gasteiger partial charge in [0.25, 0.3) is 5.91 Å². The van der Waals surface area contributed by atoms with Crippen molar-refractivity contribution in [3.63, 3.8) is 0 Å². The van der Waals surface area contributed by atoms with E-state index >= 15 is 0 Å². The van der Waals surface area contributed by atoms with Crippen molar-refractivity contribution < 1.29 is 9.53 Å². The van der Waals surface area contributed by atoms with Crippen molar-refractivity contribution in [3.8, 4) is 0 Å². The van der Waals surface area contributed by atoms with Crippen molar-refractivity contribution in [2.75, 3.05) is 11.9 Å². The van der Waals surface area contributed by atoms with Crippen LogP contribution in [0.25, 0.3) is 0 Å². The molecule has 6 heteroatoms. The SMILES string of the molecule is CCOCc1ccccc1NC(=O)c1nc(Cl)ccc1Cl. The Morgan fingerprint density at radius 2 is 2.00 bits per heavy atom. The summed E-state index contributed by atoms with van der Waals surface area (Å²) in [6.07, 6.45) is 0. The first-order chi connectivity index (χ1) is 10.1. The van der Waals surface area contributed by atoms with Gasteiger partial charge in [0.2, 0.25) is 0 Å². The minimum absolute atomic E-state index is 0.0929. The van der Waals surface area contributed by atoms with Crippen molar-refractivity contribution >= 4 is 34.8 Å². The third kappa shape index (κ3) is 4.17. The molecule has 1 N–H and O–H groups in total. The van der Waals surface area contributed by atoms with Crippen molar-refractivity contribution in [2.45, 2.75) is 13.5 Å². The molecule has 1 amide bonds. The molecule has 0 bridgehead atoms. The van der Waals surface area contributed by atoms with E-state index in [1.807, 2.05) is 25.1 Å². The van der Waals surface area contributed by atoms with E-state index in [2.05, 4.69) is 10.3 Å². The maximum absolute atomic E-state index is 12.3. The van der Waals surface area contributed by atoms with E-state index in [1.165, 1.54) is 12.1 Å². The van der Waals surface area contributed by atoms with Crippen LogP contribution in [0.3, 0.4) is 0 Å². The lowest BCUT2D eigenvalue weighted by molar-refractivity contribution is 0.102. The Morgan fingerprint density at radius 1 is 1.24 bits per heavy atom. The average molecular weight is 325 g/mol. The number of ether oxygens (including phenoxy) is 1. The molecule has 0 aliphatic rings. The minimum atomic E-state index is -0.411. The Labute approximate surface area is 133 Å². The number of nitrogens with one attached hydrogen (secondary N) is 1. The average Bonchev–Trinajstić information content (AvgIpc) is 2.48. The van der Waals surface area contributed by atoms with E-state index in [4.69, 9.17) is 27.9 Å². The Hall–Kier alpha value is -1.62. The second-order valence-corrected chi connectivity index (χ2v) is 5.01. The summed E-state index contributed by atoms with van der Waals surface area (Å²) in [7, 11) is 0. The van der Waals surface area contributed by atoms with Gasteiger partial charge in [0.1, 0.15) is 10.8 Å². The number of halogens is 2. The minimum Gasteiger partial charge on any atom is -0.377 e. The van der Waals surface area contributed by atoms with Crippen LogP contribution in [0, 0.1) is 0 Å². The molecule has 2 aromatic rings. The van der Waals surface area contributed by atoms with E-state index in [0.29, 0.717) is 18.9 Å². The van der Waals surface area contributed by atoms with Crippen LogP contribution in [-0.4, -0.2) is 17.5 Å². The summed E-state index contributed by atoms with van der Waals surface area (Å²) in [5, 5.41) is 3.24. The predicted molar refractivity (Wildman–Crippen MR) is 84.0 cm³/mol. The zero-order valence-electron chi connectivity index (χ0n) is 11.4. The standard InChI is InChI=1S/C15H14Cl2N2O2/c1-2-21-9-10-5-3-4-6-12(10)18-15(20)14-11(16)7-8-13(17)19-14/h3-8H,2,9H2,1H3,(H,18,20). The largest absolute Gasteiger partial charge is 0.377 e. The highest BCUT2D eigenvalue weighted by Gasteiger charge is 2.14. The zero-order valence-corrected chi connectivity index (χ0v) is 12.9. The fourth-order valence-corrected chi connectivity index (χ4v) is 2.08. The van der Waals surface area contributed by atoms with Crippen LogP contribution in [0.1, 0.15) is 23.0 Å². The second-order valence-electron chi connectivity index (χ2n) is 4.21. The molecule has 0 saturated carbocycles. The predicted octanol–water partition coefficient (Wildman–Crippen LogP) is 4.18. The number of amides is 1. The number of hydrogen-bond acceptors (Lipinski definition) is 3. The van der Waals surface area contributed by atoms with E-state index in [1.54, 1.807) is 6.07 Å². The van der Waals surface area contributed by atoms with Crippen molar-refractivity contribution in [1.29, 1.82) is 0 Å². The summed E-state index contributed by atoms with van der Waals surface area (Å²) in [4.78, 5) is 16.2. The van der Waals surface area contributed by atoms with Gasteiger partial charge >= 0.3 is 0 Å². The summed E-state index contributed by atoms with van der Waals surface area (Å²) < 4.78 is 5.38. The molecule has 0 atom stereocenters. The topological polar surface area (TPSA) is 51.2 Å². The van der Waals surface area contributed by atoms with Gasteiger partial charge in [-0.2, -0.15) is 0 Å². The maximum Gasteiger partial charge on any atom is 0.275 e. The van der Waals surface area contributed by atoms with Crippen molar-refractivity contribution in [2.24, 2.45) is 0 Å². The molecule has 0 spiro atoms. The molecule has 0 saturated heterocycles. The van der Waals surface area contributed by atoms with Gasteiger partial charge in [-0.3, -0.25) is 4.79 Å². The number of benzene rings is 1. The van der Waals surface area contributed by atoms with Gasteiger partial charge < -0.3 is 10.1 Å². The smallest absolute Gasteiger partial charge is 0.275 e. The highest BCUT2D eigenvalue weighted by atomic mass is 35.5. The van der Waals surface area contributed by atoms with Gasteiger partial charge in [-0.15, -0.1) is 0 Å².